The molecule has 7 heteroatoms. The van der Waals surface area contributed by atoms with Crippen molar-refractivity contribution < 1.29 is 14.4 Å². The number of nitrogens with zero attached hydrogens (tertiary/aromatic N) is 2. The summed E-state index contributed by atoms with van der Waals surface area (Å²) >= 11 is 0. The van der Waals surface area contributed by atoms with Crippen LogP contribution in [0.1, 0.15) is 69.2 Å². The number of primary amides is 1. The van der Waals surface area contributed by atoms with Gasteiger partial charge in [0.15, 0.2) is 0 Å². The normalized spacial score (nSPS) is 19.6. The summed E-state index contributed by atoms with van der Waals surface area (Å²) in [6, 6.07) is 25.5. The molecular formula is C33H40N4O3. The molecule has 3 aromatic carbocycles. The van der Waals surface area contributed by atoms with E-state index in [0.29, 0.717) is 18.5 Å². The van der Waals surface area contributed by atoms with Gasteiger partial charge in [0.25, 0.3) is 0 Å². The SMILES string of the molecule is CCc1cccc(N(C(N)=O)C2CC(c3ccccc3)CC(c3ccccc3)N(CC(=O)NC(C)(C)C)C2=O)c1. The van der Waals surface area contributed by atoms with Crippen LogP contribution in [0.2, 0.25) is 0 Å². The molecule has 3 N–H and O–H groups in total. The second-order valence-corrected chi connectivity index (χ2v) is 11.5. The van der Waals surface area contributed by atoms with Crippen molar-refractivity contribution in [2.24, 2.45) is 5.73 Å². The molecule has 0 spiro atoms. The Morgan fingerprint density at radius 2 is 1.55 bits per heavy atom. The first-order chi connectivity index (χ1) is 19.1. The number of benzene rings is 3. The summed E-state index contributed by atoms with van der Waals surface area (Å²) < 4.78 is 0. The third-order valence-corrected chi connectivity index (χ3v) is 7.39. The van der Waals surface area contributed by atoms with Crippen molar-refractivity contribution in [3.8, 4) is 0 Å². The minimum atomic E-state index is -0.883. The van der Waals surface area contributed by atoms with E-state index in [0.717, 1.165) is 23.1 Å². The van der Waals surface area contributed by atoms with Crippen LogP contribution in [0.25, 0.3) is 0 Å². The molecule has 7 nitrogen and oxygen atoms in total. The number of hydrogen-bond donors (Lipinski definition) is 2. The Morgan fingerprint density at radius 1 is 0.925 bits per heavy atom. The summed E-state index contributed by atoms with van der Waals surface area (Å²) in [7, 11) is 0. The number of aryl methyl sites for hydroxylation is 1. The minimum Gasteiger partial charge on any atom is -0.351 e. The van der Waals surface area contributed by atoms with E-state index in [4.69, 9.17) is 5.73 Å². The van der Waals surface area contributed by atoms with Crippen LogP contribution in [-0.4, -0.2) is 40.9 Å². The molecule has 3 unspecified atom stereocenters. The molecule has 3 atom stereocenters. The zero-order chi connectivity index (χ0) is 28.9. The fraction of sp³-hybridized carbons (Fsp3) is 0.364. The highest BCUT2D eigenvalue weighted by Gasteiger charge is 2.43. The van der Waals surface area contributed by atoms with Gasteiger partial charge in [0, 0.05) is 11.2 Å². The summed E-state index contributed by atoms with van der Waals surface area (Å²) in [6.07, 6.45) is 1.75. The number of nitrogens with one attached hydrogen (secondary N) is 1. The Morgan fingerprint density at radius 3 is 2.12 bits per heavy atom. The molecule has 0 radical (unpaired) electrons. The molecule has 1 fully saturated rings. The van der Waals surface area contributed by atoms with E-state index in [2.05, 4.69) is 17.4 Å². The molecule has 0 aliphatic carbocycles. The van der Waals surface area contributed by atoms with Gasteiger partial charge in [-0.25, -0.2) is 4.79 Å². The predicted octanol–water partition coefficient (Wildman–Crippen LogP) is 5.56. The van der Waals surface area contributed by atoms with Crippen molar-refractivity contribution in [2.45, 2.75) is 70.5 Å². The van der Waals surface area contributed by atoms with E-state index in [1.807, 2.05) is 100 Å². The number of carbonyl (C=O) groups excluding carboxylic acids is 3. The predicted molar refractivity (Wildman–Crippen MR) is 159 cm³/mol. The largest absolute Gasteiger partial charge is 0.351 e. The standard InChI is InChI=1S/C33H40N4O3/c1-5-23-13-12-18-27(19-23)37(32(34)40)29-21-26(24-14-8-6-9-15-24)20-28(25-16-10-7-11-17-25)36(31(29)39)22-30(38)35-33(2,3)4/h6-19,26,28-29H,5,20-22H2,1-4H3,(H2,34,40)(H,35,38). The van der Waals surface area contributed by atoms with E-state index >= 15 is 0 Å². The fourth-order valence-corrected chi connectivity index (χ4v) is 5.60. The van der Waals surface area contributed by atoms with Crippen LogP contribution in [0.4, 0.5) is 10.5 Å². The van der Waals surface area contributed by atoms with Gasteiger partial charge in [-0.05, 0) is 74.8 Å². The average molecular weight is 541 g/mol. The van der Waals surface area contributed by atoms with Gasteiger partial charge in [0.1, 0.15) is 12.6 Å². The summed E-state index contributed by atoms with van der Waals surface area (Å²) in [5.74, 6) is -0.610. The summed E-state index contributed by atoms with van der Waals surface area (Å²) in [6.45, 7) is 7.64. The van der Waals surface area contributed by atoms with E-state index in [9.17, 15) is 14.4 Å². The molecule has 1 aliphatic heterocycles. The van der Waals surface area contributed by atoms with Gasteiger partial charge in [-0.3, -0.25) is 14.5 Å². The topological polar surface area (TPSA) is 95.7 Å². The van der Waals surface area contributed by atoms with E-state index in [1.54, 1.807) is 4.90 Å². The third-order valence-electron chi connectivity index (χ3n) is 7.39. The average Bonchev–Trinajstić information content (AvgIpc) is 3.06. The summed E-state index contributed by atoms with van der Waals surface area (Å²) in [5.41, 5.74) is 9.18. The maximum absolute atomic E-state index is 14.6. The first-order valence-corrected chi connectivity index (χ1v) is 14.0. The van der Waals surface area contributed by atoms with Gasteiger partial charge >= 0.3 is 6.03 Å². The lowest BCUT2D eigenvalue weighted by Crippen LogP contribution is -2.55. The highest BCUT2D eigenvalue weighted by Crippen LogP contribution is 2.41. The zero-order valence-corrected chi connectivity index (χ0v) is 23.8. The summed E-state index contributed by atoms with van der Waals surface area (Å²) in [5, 5.41) is 3.00. The molecule has 4 rings (SSSR count). The summed E-state index contributed by atoms with van der Waals surface area (Å²) in [4.78, 5) is 44.0. The highest BCUT2D eigenvalue weighted by molar-refractivity contribution is 6.00. The lowest BCUT2D eigenvalue weighted by Gasteiger charge is -2.35. The van der Waals surface area contributed by atoms with Crippen LogP contribution < -0.4 is 16.0 Å². The number of nitrogens with two attached hydrogens (primary N) is 1. The van der Waals surface area contributed by atoms with Crippen LogP contribution in [-0.2, 0) is 16.0 Å². The molecule has 40 heavy (non-hydrogen) atoms. The van der Waals surface area contributed by atoms with Gasteiger partial charge in [-0.2, -0.15) is 0 Å². The molecule has 0 saturated carbocycles. The molecular weight excluding hydrogens is 500 g/mol. The maximum atomic E-state index is 14.6. The van der Waals surface area contributed by atoms with Crippen LogP contribution in [0.15, 0.2) is 84.9 Å². The van der Waals surface area contributed by atoms with E-state index < -0.39 is 17.6 Å². The van der Waals surface area contributed by atoms with Gasteiger partial charge in [-0.1, -0.05) is 79.7 Å². The van der Waals surface area contributed by atoms with Crippen LogP contribution >= 0.6 is 0 Å². The quantitative estimate of drug-likeness (QED) is 0.410. The smallest absolute Gasteiger partial charge is 0.320 e. The van der Waals surface area contributed by atoms with Gasteiger partial charge in [0.2, 0.25) is 11.8 Å². The Kier molecular flexibility index (Phi) is 8.93. The van der Waals surface area contributed by atoms with Crippen molar-refractivity contribution in [3.63, 3.8) is 0 Å². The Bertz CT molecular complexity index is 1320. The number of anilines is 1. The first kappa shape index (κ1) is 28.9. The lowest BCUT2D eigenvalue weighted by atomic mass is 9.86. The zero-order valence-electron chi connectivity index (χ0n) is 23.8. The minimum absolute atomic E-state index is 0.0627. The molecule has 0 aromatic heterocycles. The van der Waals surface area contributed by atoms with Crippen molar-refractivity contribution in [1.82, 2.24) is 10.2 Å². The lowest BCUT2D eigenvalue weighted by molar-refractivity contribution is -0.139. The fourth-order valence-electron chi connectivity index (χ4n) is 5.60. The molecule has 0 bridgehead atoms. The van der Waals surface area contributed by atoms with Crippen LogP contribution in [0.3, 0.4) is 0 Å². The number of amides is 4. The molecule has 1 heterocycles. The first-order valence-electron chi connectivity index (χ1n) is 14.0. The number of carbonyl (C=O) groups is 3. The van der Waals surface area contributed by atoms with Crippen molar-refractivity contribution >= 4 is 23.5 Å². The highest BCUT2D eigenvalue weighted by atomic mass is 16.2. The van der Waals surface area contributed by atoms with Crippen LogP contribution in [0.5, 0.6) is 0 Å². The molecule has 1 saturated heterocycles. The third kappa shape index (κ3) is 6.89. The van der Waals surface area contributed by atoms with Crippen molar-refractivity contribution in [2.75, 3.05) is 11.4 Å². The number of likely N-dealkylation sites (tertiary alicyclic amines) is 1. The Hall–Kier alpha value is -4.13. The van der Waals surface area contributed by atoms with E-state index in [1.165, 1.54) is 4.90 Å². The monoisotopic (exact) mass is 540 g/mol. The number of hydrogen-bond acceptors (Lipinski definition) is 3. The Labute approximate surface area is 237 Å². The van der Waals surface area contributed by atoms with Gasteiger partial charge in [-0.15, -0.1) is 0 Å². The second-order valence-electron chi connectivity index (χ2n) is 11.5. The number of urea groups is 1. The second kappa shape index (κ2) is 12.4. The molecule has 1 aliphatic rings. The number of rotatable bonds is 7. The van der Waals surface area contributed by atoms with Crippen molar-refractivity contribution in [3.05, 3.63) is 102 Å². The molecule has 3 aromatic rings. The van der Waals surface area contributed by atoms with Gasteiger partial charge < -0.3 is 16.0 Å². The Balaban J connectivity index is 1.85. The van der Waals surface area contributed by atoms with E-state index in [-0.39, 0.29) is 30.3 Å². The molecule has 4 amide bonds. The van der Waals surface area contributed by atoms with Gasteiger partial charge in [0.05, 0.1) is 6.04 Å². The van der Waals surface area contributed by atoms with Crippen molar-refractivity contribution in [1.29, 1.82) is 0 Å². The van der Waals surface area contributed by atoms with Crippen LogP contribution in [0, 0.1) is 0 Å². The molecule has 210 valence electrons. The maximum Gasteiger partial charge on any atom is 0.320 e.